The molecule has 6 nitrogen and oxygen atoms in total. The first kappa shape index (κ1) is 22.0. The molecule has 0 aromatic heterocycles. The van der Waals surface area contributed by atoms with Gasteiger partial charge in [0.05, 0.1) is 5.69 Å². The summed E-state index contributed by atoms with van der Waals surface area (Å²) in [5, 5.41) is -0.137. The van der Waals surface area contributed by atoms with Gasteiger partial charge in [0.25, 0.3) is 11.8 Å². The summed E-state index contributed by atoms with van der Waals surface area (Å²) in [5.41, 5.74) is 2.85. The van der Waals surface area contributed by atoms with Crippen molar-refractivity contribution >= 4 is 40.3 Å². The predicted octanol–water partition coefficient (Wildman–Crippen LogP) is 4.81. The topological polar surface area (TPSA) is 80.8 Å². The maximum atomic E-state index is 12.5. The fraction of sp³-hybridized carbons (Fsp3) is 0. The number of carbonyl (C=O) groups is 4. The number of nitrogens with zero attached hydrogens (tertiary/aromatic N) is 1. The highest BCUT2D eigenvalue weighted by Gasteiger charge is 2.24. The van der Waals surface area contributed by atoms with Gasteiger partial charge >= 0.3 is 5.97 Å². The maximum absolute atomic E-state index is 12.5. The Labute approximate surface area is 194 Å². The van der Waals surface area contributed by atoms with Crippen LogP contribution in [0, 0.1) is 0 Å². The third-order valence-electron chi connectivity index (χ3n) is 4.81. The molecule has 0 radical (unpaired) electrons. The van der Waals surface area contributed by atoms with Crippen LogP contribution in [-0.4, -0.2) is 22.9 Å². The second-order valence-electron chi connectivity index (χ2n) is 6.96. The lowest BCUT2D eigenvalue weighted by Gasteiger charge is -2.14. The van der Waals surface area contributed by atoms with Gasteiger partial charge in [0.1, 0.15) is 5.75 Å². The summed E-state index contributed by atoms with van der Waals surface area (Å²) in [6.45, 7) is 3.34. The van der Waals surface area contributed by atoms with Gasteiger partial charge in [-0.15, -0.1) is 0 Å². The Morgan fingerprint density at radius 2 is 1.33 bits per heavy atom. The zero-order valence-electron chi connectivity index (χ0n) is 17.3. The van der Waals surface area contributed by atoms with Crippen molar-refractivity contribution < 1.29 is 23.9 Å². The van der Waals surface area contributed by atoms with Crippen molar-refractivity contribution in [3.8, 4) is 16.9 Å². The largest absolute Gasteiger partial charge is 0.423 e. The van der Waals surface area contributed by atoms with E-state index < -0.39 is 5.97 Å². The summed E-state index contributed by atoms with van der Waals surface area (Å²) >= 11 is 1.09. The molecular formula is C26H17NO5S. The van der Waals surface area contributed by atoms with E-state index >= 15 is 0 Å². The average molecular weight is 455 g/mol. The summed E-state index contributed by atoms with van der Waals surface area (Å²) in [4.78, 5) is 49.3. The van der Waals surface area contributed by atoms with E-state index in [9.17, 15) is 19.2 Å². The first-order valence-corrected chi connectivity index (χ1v) is 10.7. The van der Waals surface area contributed by atoms with Crippen LogP contribution in [-0.2, 0) is 14.4 Å². The van der Waals surface area contributed by atoms with Crippen molar-refractivity contribution in [2.45, 2.75) is 4.90 Å². The minimum absolute atomic E-state index is 0.137. The number of hydrogen-bond acceptors (Lipinski definition) is 6. The maximum Gasteiger partial charge on any atom is 0.335 e. The summed E-state index contributed by atoms with van der Waals surface area (Å²) in [6, 6.07) is 20.9. The zero-order valence-corrected chi connectivity index (χ0v) is 18.1. The van der Waals surface area contributed by atoms with Gasteiger partial charge in [-0.2, -0.15) is 0 Å². The fourth-order valence-electron chi connectivity index (χ4n) is 3.16. The second-order valence-corrected chi connectivity index (χ2v) is 8.00. The van der Waals surface area contributed by atoms with Crippen molar-refractivity contribution in [3.05, 3.63) is 103 Å². The molecule has 0 aliphatic carbocycles. The van der Waals surface area contributed by atoms with Crippen molar-refractivity contribution in [1.82, 2.24) is 0 Å². The Hall–Kier alpha value is -4.23. The molecule has 0 bridgehead atoms. The van der Waals surface area contributed by atoms with Crippen molar-refractivity contribution in [3.63, 3.8) is 0 Å². The molecule has 0 spiro atoms. The SMILES string of the molecule is C=CC(=O)Oc1ccc(C(=O)Sc2ccc(-c3ccc(N4C(=O)C=CC4=O)cc3)cc2)cc1. The van der Waals surface area contributed by atoms with Crippen molar-refractivity contribution in [1.29, 1.82) is 0 Å². The average Bonchev–Trinajstić information content (AvgIpc) is 3.18. The van der Waals surface area contributed by atoms with Crippen LogP contribution in [0.2, 0.25) is 0 Å². The number of amides is 2. The van der Waals surface area contributed by atoms with Gasteiger partial charge in [-0.25, -0.2) is 9.69 Å². The molecule has 33 heavy (non-hydrogen) atoms. The standard InChI is InChI=1S/C26H17NO5S/c1-2-25(30)32-21-11-5-19(6-12-21)26(31)33-22-13-7-18(8-14-22)17-3-9-20(10-4-17)27-23(28)15-16-24(27)29/h2-16H,1H2. The molecule has 0 atom stereocenters. The van der Waals surface area contributed by atoms with Crippen molar-refractivity contribution in [2.24, 2.45) is 0 Å². The Bertz CT molecular complexity index is 1260. The number of benzene rings is 3. The third-order valence-corrected chi connectivity index (χ3v) is 5.74. The number of hydrogen-bond donors (Lipinski definition) is 0. The Balaban J connectivity index is 1.40. The number of rotatable bonds is 6. The van der Waals surface area contributed by atoms with E-state index in [1.54, 1.807) is 36.4 Å². The zero-order chi connectivity index (χ0) is 23.4. The third kappa shape index (κ3) is 4.99. The van der Waals surface area contributed by atoms with Crippen LogP contribution in [0.1, 0.15) is 10.4 Å². The van der Waals surface area contributed by atoms with Crippen LogP contribution in [0.5, 0.6) is 5.75 Å². The van der Waals surface area contributed by atoms with E-state index in [4.69, 9.17) is 4.74 Å². The van der Waals surface area contributed by atoms with E-state index in [0.29, 0.717) is 17.0 Å². The molecule has 0 unspecified atom stereocenters. The Kier molecular flexibility index (Phi) is 6.33. The number of imide groups is 1. The van der Waals surface area contributed by atoms with E-state index in [-0.39, 0.29) is 16.9 Å². The highest BCUT2D eigenvalue weighted by molar-refractivity contribution is 8.14. The van der Waals surface area contributed by atoms with Gasteiger partial charge in [0.2, 0.25) is 5.12 Å². The van der Waals surface area contributed by atoms with Crippen molar-refractivity contribution in [2.75, 3.05) is 4.90 Å². The Morgan fingerprint density at radius 1 is 0.788 bits per heavy atom. The highest BCUT2D eigenvalue weighted by Crippen LogP contribution is 2.29. The molecule has 7 heteroatoms. The van der Waals surface area contributed by atoms with Crippen LogP contribution in [0.4, 0.5) is 5.69 Å². The van der Waals surface area contributed by atoms with E-state index in [2.05, 4.69) is 6.58 Å². The molecule has 0 N–H and O–H groups in total. The lowest BCUT2D eigenvalue weighted by molar-refractivity contribution is -0.129. The lowest BCUT2D eigenvalue weighted by atomic mass is 10.1. The quantitative estimate of drug-likeness (QED) is 0.175. The first-order valence-electron chi connectivity index (χ1n) is 9.88. The Morgan fingerprint density at radius 3 is 1.88 bits per heavy atom. The molecule has 1 aliphatic heterocycles. The highest BCUT2D eigenvalue weighted by atomic mass is 32.2. The predicted molar refractivity (Wildman–Crippen MR) is 126 cm³/mol. The first-order chi connectivity index (χ1) is 15.9. The monoisotopic (exact) mass is 455 g/mol. The molecule has 2 amide bonds. The molecule has 3 aromatic rings. The number of thioether (sulfide) groups is 1. The van der Waals surface area contributed by atoms with Crippen LogP contribution >= 0.6 is 11.8 Å². The number of esters is 1. The van der Waals surface area contributed by atoms with Gasteiger partial charge < -0.3 is 4.74 Å². The van der Waals surface area contributed by atoms with Gasteiger partial charge in [0.15, 0.2) is 0 Å². The van der Waals surface area contributed by atoms with Gasteiger partial charge in [0, 0.05) is 28.7 Å². The summed E-state index contributed by atoms with van der Waals surface area (Å²) in [5.74, 6) is -0.933. The number of anilines is 1. The summed E-state index contributed by atoms with van der Waals surface area (Å²) in [7, 11) is 0. The molecule has 4 rings (SSSR count). The molecule has 0 fully saturated rings. The van der Waals surface area contributed by atoms with Crippen LogP contribution in [0.15, 0.2) is 102 Å². The normalized spacial score (nSPS) is 12.7. The lowest BCUT2D eigenvalue weighted by Crippen LogP contribution is -2.29. The molecule has 0 saturated carbocycles. The minimum Gasteiger partial charge on any atom is -0.423 e. The van der Waals surface area contributed by atoms with E-state index in [0.717, 1.165) is 38.8 Å². The molecule has 0 saturated heterocycles. The van der Waals surface area contributed by atoms with Crippen LogP contribution in [0.25, 0.3) is 11.1 Å². The van der Waals surface area contributed by atoms with Crippen LogP contribution in [0.3, 0.4) is 0 Å². The number of carbonyl (C=O) groups excluding carboxylic acids is 4. The van der Waals surface area contributed by atoms with Gasteiger partial charge in [-0.1, -0.05) is 30.8 Å². The molecule has 1 aliphatic rings. The van der Waals surface area contributed by atoms with E-state index in [1.807, 2.05) is 36.4 Å². The van der Waals surface area contributed by atoms with E-state index in [1.165, 1.54) is 12.2 Å². The second kappa shape index (κ2) is 9.50. The summed E-state index contributed by atoms with van der Waals surface area (Å²) in [6.07, 6.45) is 3.57. The van der Waals surface area contributed by atoms with Gasteiger partial charge in [-0.05, 0) is 71.4 Å². The molecule has 1 heterocycles. The minimum atomic E-state index is -0.562. The molecule has 3 aromatic carbocycles. The number of ether oxygens (including phenoxy) is 1. The van der Waals surface area contributed by atoms with Gasteiger partial charge in [-0.3, -0.25) is 14.4 Å². The molecular weight excluding hydrogens is 438 g/mol. The van der Waals surface area contributed by atoms with Crippen LogP contribution < -0.4 is 9.64 Å². The summed E-state index contributed by atoms with van der Waals surface area (Å²) < 4.78 is 5.00. The molecule has 162 valence electrons. The fourth-order valence-corrected chi connectivity index (χ4v) is 3.90. The smallest absolute Gasteiger partial charge is 0.335 e.